The van der Waals surface area contributed by atoms with Crippen molar-refractivity contribution in [3.05, 3.63) is 24.4 Å². The molecule has 0 amide bonds. The third-order valence-electron chi connectivity index (χ3n) is 3.15. The molecule has 4 heteroatoms. The molecule has 1 heterocycles. The van der Waals surface area contributed by atoms with E-state index < -0.39 is 0 Å². The highest BCUT2D eigenvalue weighted by molar-refractivity contribution is 6.32. The smallest absolute Gasteiger partial charge is 0.137 e. The molecule has 0 spiro atoms. The van der Waals surface area contributed by atoms with Gasteiger partial charge in [-0.25, -0.2) is 4.98 Å². The molecule has 2 radical (unpaired) electrons. The highest BCUT2D eigenvalue weighted by atomic mass is 16.5. The Morgan fingerprint density at radius 2 is 2.24 bits per heavy atom. The first-order valence-corrected chi connectivity index (χ1v) is 5.96. The number of pyridine rings is 1. The fourth-order valence-electron chi connectivity index (χ4n) is 2.18. The molecule has 1 aliphatic rings. The average Bonchev–Trinajstić information content (AvgIpc) is 2.83. The minimum atomic E-state index is 0.509. The van der Waals surface area contributed by atoms with Gasteiger partial charge < -0.3 is 10.1 Å². The van der Waals surface area contributed by atoms with Crippen LogP contribution in [0.25, 0.3) is 5.76 Å². The monoisotopic (exact) mass is 228 g/mol. The largest absolute Gasteiger partial charge is 0.497 e. The van der Waals surface area contributed by atoms with Crippen molar-refractivity contribution >= 4 is 24.9 Å². The molecular formula is C13H17BN2O. The average molecular weight is 228 g/mol. The summed E-state index contributed by atoms with van der Waals surface area (Å²) in [4.78, 5) is 4.33. The molecule has 0 aromatic carbocycles. The fraction of sp³-hybridized carbons (Fsp3) is 0.462. The number of methoxy groups -OCH3 is 1. The second-order valence-corrected chi connectivity index (χ2v) is 4.42. The van der Waals surface area contributed by atoms with Crippen molar-refractivity contribution < 1.29 is 4.74 Å². The van der Waals surface area contributed by atoms with Crippen molar-refractivity contribution in [3.8, 4) is 0 Å². The summed E-state index contributed by atoms with van der Waals surface area (Å²) in [6.07, 6.45) is 6.63. The van der Waals surface area contributed by atoms with Gasteiger partial charge in [0.15, 0.2) is 0 Å². The lowest BCUT2D eigenvalue weighted by Gasteiger charge is -2.17. The Morgan fingerprint density at radius 1 is 1.53 bits per heavy atom. The van der Waals surface area contributed by atoms with Gasteiger partial charge >= 0.3 is 0 Å². The van der Waals surface area contributed by atoms with Gasteiger partial charge in [0.1, 0.15) is 19.4 Å². The molecule has 88 valence electrons. The highest BCUT2D eigenvalue weighted by Crippen LogP contribution is 2.25. The minimum absolute atomic E-state index is 0.509. The van der Waals surface area contributed by atoms with Crippen molar-refractivity contribution in [1.82, 2.24) is 4.98 Å². The molecule has 17 heavy (non-hydrogen) atoms. The molecule has 0 unspecified atom stereocenters. The van der Waals surface area contributed by atoms with E-state index in [1.807, 2.05) is 6.07 Å². The van der Waals surface area contributed by atoms with Gasteiger partial charge in [0, 0.05) is 12.2 Å². The molecule has 0 atom stereocenters. The predicted molar refractivity (Wildman–Crippen MR) is 71.5 cm³/mol. The van der Waals surface area contributed by atoms with E-state index in [2.05, 4.69) is 16.9 Å². The van der Waals surface area contributed by atoms with Gasteiger partial charge in [-0.05, 0) is 12.8 Å². The molecule has 2 rings (SSSR count). The lowest BCUT2D eigenvalue weighted by atomic mass is 9.96. The van der Waals surface area contributed by atoms with Crippen LogP contribution in [0, 0.1) is 0 Å². The molecule has 1 fully saturated rings. The van der Waals surface area contributed by atoms with Crippen LogP contribution in [0.15, 0.2) is 18.8 Å². The normalized spacial score (nSPS) is 15.8. The molecule has 1 saturated carbocycles. The van der Waals surface area contributed by atoms with Gasteiger partial charge in [-0.2, -0.15) is 0 Å². The number of ether oxygens (including phenoxy) is 1. The van der Waals surface area contributed by atoms with Crippen molar-refractivity contribution in [3.63, 3.8) is 0 Å². The Bertz CT molecular complexity index is 414. The zero-order valence-corrected chi connectivity index (χ0v) is 10.2. The maximum Gasteiger partial charge on any atom is 0.137 e. The van der Waals surface area contributed by atoms with Gasteiger partial charge in [0.05, 0.1) is 12.7 Å². The van der Waals surface area contributed by atoms with E-state index in [0.29, 0.717) is 17.3 Å². The number of aromatic nitrogens is 1. The standard InChI is InChI=1S/C13H17BN2O/c1-9(17-2)12-7-10(14)8-15-13(12)16-11-5-3-4-6-11/h7-8,11H,1,3-6H2,2H3,(H,15,16). The second-order valence-electron chi connectivity index (χ2n) is 4.42. The third-order valence-corrected chi connectivity index (χ3v) is 3.15. The van der Waals surface area contributed by atoms with Crippen molar-refractivity contribution in [2.75, 3.05) is 12.4 Å². The Balaban J connectivity index is 2.22. The van der Waals surface area contributed by atoms with E-state index >= 15 is 0 Å². The fourth-order valence-corrected chi connectivity index (χ4v) is 2.18. The van der Waals surface area contributed by atoms with Crippen LogP contribution < -0.4 is 10.8 Å². The number of anilines is 1. The van der Waals surface area contributed by atoms with E-state index in [4.69, 9.17) is 12.6 Å². The molecule has 1 aliphatic carbocycles. The molecular weight excluding hydrogens is 211 g/mol. The van der Waals surface area contributed by atoms with Crippen LogP contribution in [0.3, 0.4) is 0 Å². The first kappa shape index (κ1) is 12.0. The summed E-state index contributed by atoms with van der Waals surface area (Å²) in [6, 6.07) is 2.35. The molecule has 1 N–H and O–H groups in total. The van der Waals surface area contributed by atoms with Crippen molar-refractivity contribution in [2.45, 2.75) is 31.7 Å². The van der Waals surface area contributed by atoms with Gasteiger partial charge in [0.2, 0.25) is 0 Å². The number of rotatable bonds is 4. The summed E-state index contributed by atoms with van der Waals surface area (Å²) < 4.78 is 5.17. The van der Waals surface area contributed by atoms with Gasteiger partial charge in [-0.3, -0.25) is 0 Å². The third kappa shape index (κ3) is 2.81. The quantitative estimate of drug-likeness (QED) is 0.630. The molecule has 0 saturated heterocycles. The highest BCUT2D eigenvalue weighted by Gasteiger charge is 2.17. The van der Waals surface area contributed by atoms with Crippen LogP contribution in [-0.2, 0) is 4.74 Å². The van der Waals surface area contributed by atoms with Crippen LogP contribution in [0.4, 0.5) is 5.82 Å². The summed E-state index contributed by atoms with van der Waals surface area (Å²) in [5, 5.41) is 3.44. The number of hydrogen-bond acceptors (Lipinski definition) is 3. The minimum Gasteiger partial charge on any atom is -0.497 e. The number of nitrogens with zero attached hydrogens (tertiary/aromatic N) is 1. The summed E-state index contributed by atoms with van der Waals surface area (Å²) in [6.45, 7) is 3.86. The predicted octanol–water partition coefficient (Wildman–Crippen LogP) is 1.85. The molecule has 0 aliphatic heterocycles. The summed E-state index contributed by atoms with van der Waals surface area (Å²) in [5.74, 6) is 1.41. The Hall–Kier alpha value is -1.45. The van der Waals surface area contributed by atoms with Gasteiger partial charge in [-0.1, -0.05) is 30.9 Å². The first-order valence-electron chi connectivity index (χ1n) is 5.96. The summed E-state index contributed by atoms with van der Waals surface area (Å²) in [5.41, 5.74) is 1.47. The Morgan fingerprint density at radius 3 is 2.88 bits per heavy atom. The Kier molecular flexibility index (Phi) is 3.72. The molecule has 1 aromatic rings. The molecule has 0 bridgehead atoms. The summed E-state index contributed by atoms with van der Waals surface area (Å²) >= 11 is 0. The van der Waals surface area contributed by atoms with Gasteiger partial charge in [0.25, 0.3) is 0 Å². The second kappa shape index (κ2) is 5.26. The zero-order valence-electron chi connectivity index (χ0n) is 10.2. The summed E-state index contributed by atoms with van der Waals surface area (Å²) in [7, 11) is 7.34. The van der Waals surface area contributed by atoms with Gasteiger partial charge in [-0.15, -0.1) is 0 Å². The van der Waals surface area contributed by atoms with E-state index in [-0.39, 0.29) is 0 Å². The maximum absolute atomic E-state index is 5.74. The van der Waals surface area contributed by atoms with Crippen molar-refractivity contribution in [2.24, 2.45) is 0 Å². The van der Waals surface area contributed by atoms with Crippen LogP contribution in [-0.4, -0.2) is 26.0 Å². The SMILES string of the molecule is [B]c1cnc(NC2CCCC2)c(C(=C)OC)c1. The number of nitrogens with one attached hydrogen (secondary N) is 1. The van der Waals surface area contributed by atoms with Crippen LogP contribution >= 0.6 is 0 Å². The molecule has 3 nitrogen and oxygen atoms in total. The van der Waals surface area contributed by atoms with Crippen LogP contribution in [0.1, 0.15) is 31.2 Å². The first-order chi connectivity index (χ1) is 8.20. The van der Waals surface area contributed by atoms with Crippen LogP contribution in [0.2, 0.25) is 0 Å². The van der Waals surface area contributed by atoms with E-state index in [1.165, 1.54) is 25.7 Å². The molecule has 1 aromatic heterocycles. The lowest BCUT2D eigenvalue weighted by Crippen LogP contribution is -2.18. The van der Waals surface area contributed by atoms with E-state index in [9.17, 15) is 0 Å². The van der Waals surface area contributed by atoms with Crippen LogP contribution in [0.5, 0.6) is 0 Å². The van der Waals surface area contributed by atoms with Crippen molar-refractivity contribution in [1.29, 1.82) is 0 Å². The Labute approximate surface area is 104 Å². The maximum atomic E-state index is 5.74. The van der Waals surface area contributed by atoms with E-state index in [1.54, 1.807) is 13.3 Å². The lowest BCUT2D eigenvalue weighted by molar-refractivity contribution is 0.371. The van der Waals surface area contributed by atoms with E-state index in [0.717, 1.165) is 11.4 Å². The zero-order chi connectivity index (χ0) is 12.3. The topological polar surface area (TPSA) is 34.2 Å². The number of hydrogen-bond donors (Lipinski definition) is 1.